The van der Waals surface area contributed by atoms with Gasteiger partial charge in [0.25, 0.3) is 0 Å². The van der Waals surface area contributed by atoms with Gasteiger partial charge in [-0.05, 0) is 25.0 Å². The number of rotatable bonds is 3. The monoisotopic (exact) mass is 321 g/mol. The van der Waals surface area contributed by atoms with Crippen molar-refractivity contribution in [1.29, 1.82) is 5.26 Å². The molecule has 1 aliphatic rings. The van der Waals surface area contributed by atoms with Crippen LogP contribution in [0, 0.1) is 16.7 Å². The lowest BCUT2D eigenvalue weighted by Crippen LogP contribution is -2.47. The molecular weight excluding hydrogens is 302 g/mol. The molecular formula is C20H19NO3. The van der Waals surface area contributed by atoms with Gasteiger partial charge in [-0.25, -0.2) is 0 Å². The Morgan fingerprint density at radius 3 is 2.42 bits per heavy atom. The van der Waals surface area contributed by atoms with Crippen molar-refractivity contribution < 1.29 is 14.3 Å². The van der Waals surface area contributed by atoms with E-state index in [2.05, 4.69) is 6.07 Å². The number of nitrogens with zero attached hydrogens (tertiary/aromatic N) is 1. The van der Waals surface area contributed by atoms with Crippen LogP contribution in [0.1, 0.15) is 36.6 Å². The van der Waals surface area contributed by atoms with Gasteiger partial charge in [0, 0.05) is 5.56 Å². The Morgan fingerprint density at radius 2 is 1.79 bits per heavy atom. The number of carbonyl (C=O) groups excluding carboxylic acids is 1. The Kier molecular flexibility index (Phi) is 3.90. The minimum absolute atomic E-state index is 0.397. The van der Waals surface area contributed by atoms with Gasteiger partial charge >= 0.3 is 5.97 Å². The van der Waals surface area contributed by atoms with Crippen molar-refractivity contribution in [3.8, 4) is 6.07 Å². The highest BCUT2D eigenvalue weighted by Crippen LogP contribution is 2.54. The molecule has 0 aliphatic carbocycles. The Morgan fingerprint density at radius 1 is 1.17 bits per heavy atom. The van der Waals surface area contributed by atoms with Crippen molar-refractivity contribution in [2.45, 2.75) is 25.6 Å². The molecule has 0 spiro atoms. The summed E-state index contributed by atoms with van der Waals surface area (Å²) in [6, 6.07) is 19.5. The Hall–Kier alpha value is -2.64. The molecule has 2 atom stereocenters. The summed E-state index contributed by atoms with van der Waals surface area (Å²) in [5, 5.41) is 10.0. The summed E-state index contributed by atoms with van der Waals surface area (Å²) in [6.45, 7) is 3.37. The van der Waals surface area contributed by atoms with Crippen LogP contribution in [-0.2, 0) is 19.9 Å². The van der Waals surface area contributed by atoms with Gasteiger partial charge in [-0.1, -0.05) is 54.6 Å². The third kappa shape index (κ3) is 2.13. The zero-order valence-corrected chi connectivity index (χ0v) is 13.9. The van der Waals surface area contributed by atoms with Crippen LogP contribution >= 0.6 is 0 Å². The molecule has 0 fully saturated rings. The second kappa shape index (κ2) is 5.77. The topological polar surface area (TPSA) is 59.3 Å². The highest BCUT2D eigenvalue weighted by atomic mass is 16.5. The summed E-state index contributed by atoms with van der Waals surface area (Å²) in [5.74, 6) is -0.479. The van der Waals surface area contributed by atoms with Gasteiger partial charge < -0.3 is 9.47 Å². The number of carbonyl (C=O) groups is 1. The summed E-state index contributed by atoms with van der Waals surface area (Å²) in [7, 11) is 1.32. The minimum Gasteiger partial charge on any atom is -0.468 e. The molecule has 0 bridgehead atoms. The number of benzene rings is 2. The Balaban J connectivity index is 2.21. The first kappa shape index (κ1) is 16.2. The molecule has 2 aromatic carbocycles. The average Bonchev–Trinajstić information content (AvgIpc) is 2.98. The number of esters is 1. The van der Waals surface area contributed by atoms with Crippen LogP contribution in [0.5, 0.6) is 0 Å². The number of hydrogen-bond donors (Lipinski definition) is 0. The smallest absolute Gasteiger partial charge is 0.315 e. The molecule has 0 saturated carbocycles. The van der Waals surface area contributed by atoms with E-state index >= 15 is 0 Å². The molecule has 0 saturated heterocycles. The van der Waals surface area contributed by atoms with E-state index in [0.717, 1.165) is 16.7 Å². The van der Waals surface area contributed by atoms with E-state index in [1.165, 1.54) is 7.11 Å². The van der Waals surface area contributed by atoms with Crippen molar-refractivity contribution in [2.24, 2.45) is 5.41 Å². The molecule has 122 valence electrons. The van der Waals surface area contributed by atoms with E-state index in [1.54, 1.807) is 13.8 Å². The highest BCUT2D eigenvalue weighted by Gasteiger charge is 2.59. The van der Waals surface area contributed by atoms with E-state index in [4.69, 9.17) is 9.47 Å². The molecule has 2 unspecified atom stereocenters. The molecule has 2 aromatic rings. The fraction of sp³-hybridized carbons (Fsp3) is 0.300. The second-order valence-corrected chi connectivity index (χ2v) is 6.41. The number of methoxy groups -OCH3 is 1. The molecule has 0 amide bonds. The number of nitriles is 1. The van der Waals surface area contributed by atoms with Gasteiger partial charge in [-0.2, -0.15) is 5.26 Å². The minimum atomic E-state index is -1.41. The van der Waals surface area contributed by atoms with E-state index in [0.29, 0.717) is 0 Å². The van der Waals surface area contributed by atoms with Crippen molar-refractivity contribution in [1.82, 2.24) is 0 Å². The standard InChI is InChI=1S/C20H19NO3/c1-19(2,18(22)23-3)20(13-21)16-12-8-7-11-15(16)17(24-20)14-9-5-4-6-10-14/h4-12,17H,1-3H3. The largest absolute Gasteiger partial charge is 0.468 e. The number of hydrogen-bond acceptors (Lipinski definition) is 4. The summed E-state index contributed by atoms with van der Waals surface area (Å²) in [6.07, 6.45) is -0.397. The molecule has 0 aromatic heterocycles. The first-order valence-corrected chi connectivity index (χ1v) is 7.80. The van der Waals surface area contributed by atoms with Crippen molar-refractivity contribution in [3.05, 3.63) is 71.3 Å². The number of ether oxygens (including phenoxy) is 2. The molecule has 0 radical (unpaired) electrons. The zero-order chi connectivity index (χ0) is 17.4. The maximum Gasteiger partial charge on any atom is 0.315 e. The molecule has 1 heterocycles. The number of fused-ring (bicyclic) bond motifs is 1. The quantitative estimate of drug-likeness (QED) is 0.808. The molecule has 24 heavy (non-hydrogen) atoms. The molecule has 0 N–H and O–H groups in total. The van der Waals surface area contributed by atoms with E-state index in [1.807, 2.05) is 54.6 Å². The van der Waals surface area contributed by atoms with Crippen LogP contribution in [0.25, 0.3) is 0 Å². The van der Waals surface area contributed by atoms with E-state index in [-0.39, 0.29) is 0 Å². The maximum atomic E-state index is 12.4. The summed E-state index contributed by atoms with van der Waals surface area (Å²) < 4.78 is 11.2. The van der Waals surface area contributed by atoms with Crippen LogP contribution in [0.15, 0.2) is 54.6 Å². The summed E-state index contributed by atoms with van der Waals surface area (Å²) >= 11 is 0. The Bertz CT molecular complexity index is 807. The lowest BCUT2D eigenvalue weighted by atomic mass is 9.71. The van der Waals surface area contributed by atoms with Crippen LogP contribution in [0.3, 0.4) is 0 Å². The first-order chi connectivity index (χ1) is 11.5. The lowest BCUT2D eigenvalue weighted by Gasteiger charge is -2.36. The van der Waals surface area contributed by atoms with Crippen molar-refractivity contribution >= 4 is 5.97 Å². The SMILES string of the molecule is COC(=O)C(C)(C)C1(C#N)OC(c2ccccc2)c2ccccc21. The second-order valence-electron chi connectivity index (χ2n) is 6.41. The highest BCUT2D eigenvalue weighted by molar-refractivity contribution is 5.79. The van der Waals surface area contributed by atoms with Gasteiger partial charge in [0.05, 0.1) is 7.11 Å². The van der Waals surface area contributed by atoms with E-state index < -0.39 is 23.1 Å². The Labute approximate surface area is 141 Å². The van der Waals surface area contributed by atoms with Crippen LogP contribution in [0.4, 0.5) is 0 Å². The predicted octanol–water partition coefficient (Wildman–Crippen LogP) is 3.72. The van der Waals surface area contributed by atoms with Crippen LogP contribution < -0.4 is 0 Å². The normalized spacial score (nSPS) is 22.5. The van der Waals surface area contributed by atoms with Gasteiger partial charge in [0.15, 0.2) is 5.60 Å². The van der Waals surface area contributed by atoms with Crippen LogP contribution in [-0.4, -0.2) is 13.1 Å². The summed E-state index contributed by atoms with van der Waals surface area (Å²) in [5.41, 5.74) is 0.00886. The maximum absolute atomic E-state index is 12.4. The average molecular weight is 321 g/mol. The first-order valence-electron chi connectivity index (χ1n) is 7.80. The predicted molar refractivity (Wildman–Crippen MR) is 88.9 cm³/mol. The van der Waals surface area contributed by atoms with Crippen molar-refractivity contribution in [3.63, 3.8) is 0 Å². The molecule has 1 aliphatic heterocycles. The third-order valence-corrected chi connectivity index (χ3v) is 4.75. The fourth-order valence-electron chi connectivity index (χ4n) is 3.33. The van der Waals surface area contributed by atoms with Crippen molar-refractivity contribution in [2.75, 3.05) is 7.11 Å². The fourth-order valence-corrected chi connectivity index (χ4v) is 3.33. The van der Waals surface area contributed by atoms with Crippen LogP contribution in [0.2, 0.25) is 0 Å². The van der Waals surface area contributed by atoms with Gasteiger partial charge in [0.1, 0.15) is 17.6 Å². The third-order valence-electron chi connectivity index (χ3n) is 4.75. The van der Waals surface area contributed by atoms with E-state index in [9.17, 15) is 10.1 Å². The molecule has 4 nitrogen and oxygen atoms in total. The molecule has 3 rings (SSSR count). The molecule has 4 heteroatoms. The van der Waals surface area contributed by atoms with Gasteiger partial charge in [0.2, 0.25) is 0 Å². The summed E-state index contributed by atoms with van der Waals surface area (Å²) in [4.78, 5) is 12.4. The zero-order valence-electron chi connectivity index (χ0n) is 13.9. The van der Waals surface area contributed by atoms with Gasteiger partial charge in [-0.15, -0.1) is 0 Å². The van der Waals surface area contributed by atoms with Gasteiger partial charge in [-0.3, -0.25) is 4.79 Å². The lowest BCUT2D eigenvalue weighted by molar-refractivity contribution is -0.171.